The van der Waals surface area contributed by atoms with E-state index in [9.17, 15) is 4.39 Å². The maximum absolute atomic E-state index is 14.1. The Hall–Kier alpha value is -1.09. The largest absolute Gasteiger partial charge is 0.375 e. The minimum absolute atomic E-state index is 0. The molecule has 1 aliphatic rings. The van der Waals surface area contributed by atoms with Gasteiger partial charge < -0.3 is 20.4 Å². The molecule has 1 aromatic rings. The second kappa shape index (κ2) is 10.9. The molecule has 2 N–H and O–H groups in total. The van der Waals surface area contributed by atoms with Gasteiger partial charge in [-0.15, -0.1) is 24.0 Å². The van der Waals surface area contributed by atoms with Crippen LogP contribution in [-0.2, 0) is 6.54 Å². The van der Waals surface area contributed by atoms with E-state index in [1.807, 2.05) is 26.2 Å². The number of likely N-dealkylation sites (tertiary alicyclic amines) is 1. The average molecular weight is 477 g/mol. The number of nitrogens with one attached hydrogen (secondary N) is 2. The highest BCUT2D eigenvalue weighted by atomic mass is 127. The molecule has 0 unspecified atom stereocenters. The van der Waals surface area contributed by atoms with Gasteiger partial charge in [0.2, 0.25) is 0 Å². The molecule has 0 spiro atoms. The Kier molecular flexibility index (Phi) is 9.63. The normalized spacial score (nSPS) is 16.3. The van der Waals surface area contributed by atoms with Crippen molar-refractivity contribution in [1.82, 2.24) is 15.5 Å². The summed E-state index contributed by atoms with van der Waals surface area (Å²) < 4.78 is 14.1. The zero-order valence-electron chi connectivity index (χ0n) is 16.6. The molecule has 26 heavy (non-hydrogen) atoms. The van der Waals surface area contributed by atoms with Gasteiger partial charge in [-0.25, -0.2) is 4.39 Å². The van der Waals surface area contributed by atoms with Crippen molar-refractivity contribution in [2.75, 3.05) is 39.1 Å². The summed E-state index contributed by atoms with van der Waals surface area (Å²) in [5, 5.41) is 6.78. The molecule has 1 heterocycles. The maximum atomic E-state index is 14.1. The average Bonchev–Trinajstić information content (AvgIpc) is 2.58. The van der Waals surface area contributed by atoms with Crippen molar-refractivity contribution in [2.24, 2.45) is 4.99 Å². The van der Waals surface area contributed by atoms with Gasteiger partial charge in [0, 0.05) is 52.9 Å². The lowest BCUT2D eigenvalue weighted by Gasteiger charge is -2.35. The number of hydrogen-bond acceptors (Lipinski definition) is 3. The van der Waals surface area contributed by atoms with Crippen LogP contribution in [0.2, 0.25) is 0 Å². The topological polar surface area (TPSA) is 42.9 Å². The summed E-state index contributed by atoms with van der Waals surface area (Å²) in [7, 11) is 5.45. The third kappa shape index (κ3) is 6.57. The molecule has 0 aliphatic carbocycles. The standard InChI is InChI=1S/C19H32FN5.HI/c1-14(2)25-10-8-16(9-11-25)23-19(21-3)22-13-15-6-7-18(24(4)5)17(20)12-15;/h6-7,12,14,16H,8-11,13H2,1-5H3,(H2,21,22,23);1H. The summed E-state index contributed by atoms with van der Waals surface area (Å²) in [6, 6.07) is 6.38. The van der Waals surface area contributed by atoms with Gasteiger partial charge in [-0.05, 0) is 44.4 Å². The summed E-state index contributed by atoms with van der Waals surface area (Å²) in [4.78, 5) is 8.58. The molecule has 2 rings (SSSR count). The molecule has 0 saturated carbocycles. The van der Waals surface area contributed by atoms with Gasteiger partial charge in [-0.1, -0.05) is 6.07 Å². The third-order valence-corrected chi connectivity index (χ3v) is 4.78. The predicted octanol–water partition coefficient (Wildman–Crippen LogP) is 3.05. The number of piperidine rings is 1. The van der Waals surface area contributed by atoms with Crippen LogP contribution in [0.4, 0.5) is 10.1 Å². The highest BCUT2D eigenvalue weighted by Crippen LogP contribution is 2.18. The van der Waals surface area contributed by atoms with E-state index in [0.717, 1.165) is 37.5 Å². The number of guanidine groups is 1. The van der Waals surface area contributed by atoms with E-state index in [2.05, 4.69) is 34.4 Å². The molecule has 1 aliphatic heterocycles. The van der Waals surface area contributed by atoms with E-state index >= 15 is 0 Å². The summed E-state index contributed by atoms with van der Waals surface area (Å²) >= 11 is 0. The number of benzene rings is 1. The van der Waals surface area contributed by atoms with E-state index in [1.165, 1.54) is 0 Å². The molecular weight excluding hydrogens is 444 g/mol. The first-order valence-corrected chi connectivity index (χ1v) is 9.07. The highest BCUT2D eigenvalue weighted by molar-refractivity contribution is 14.0. The van der Waals surface area contributed by atoms with Crippen molar-refractivity contribution in [3.05, 3.63) is 29.6 Å². The first-order chi connectivity index (χ1) is 11.9. The fourth-order valence-corrected chi connectivity index (χ4v) is 3.16. The second-order valence-corrected chi connectivity index (χ2v) is 7.15. The van der Waals surface area contributed by atoms with E-state index < -0.39 is 0 Å². The number of halogens is 2. The second-order valence-electron chi connectivity index (χ2n) is 7.15. The summed E-state index contributed by atoms with van der Waals surface area (Å²) in [6.07, 6.45) is 2.23. The number of hydrogen-bond donors (Lipinski definition) is 2. The van der Waals surface area contributed by atoms with Crippen LogP contribution in [0.3, 0.4) is 0 Å². The monoisotopic (exact) mass is 477 g/mol. The first kappa shape index (κ1) is 23.0. The van der Waals surface area contributed by atoms with Gasteiger partial charge in [0.1, 0.15) is 5.82 Å². The lowest BCUT2D eigenvalue weighted by molar-refractivity contribution is 0.167. The van der Waals surface area contributed by atoms with E-state index in [0.29, 0.717) is 24.3 Å². The van der Waals surface area contributed by atoms with Gasteiger partial charge in [0.05, 0.1) is 5.69 Å². The van der Waals surface area contributed by atoms with E-state index in [-0.39, 0.29) is 29.8 Å². The molecule has 0 aromatic heterocycles. The quantitative estimate of drug-likeness (QED) is 0.389. The molecule has 0 atom stereocenters. The van der Waals surface area contributed by atoms with Crippen LogP contribution in [0.15, 0.2) is 23.2 Å². The predicted molar refractivity (Wildman–Crippen MR) is 119 cm³/mol. The van der Waals surface area contributed by atoms with Crippen molar-refractivity contribution < 1.29 is 4.39 Å². The Labute approximate surface area is 174 Å². The van der Waals surface area contributed by atoms with Gasteiger partial charge in [-0.3, -0.25) is 4.99 Å². The van der Waals surface area contributed by atoms with Crippen LogP contribution < -0.4 is 15.5 Å². The molecule has 5 nitrogen and oxygen atoms in total. The Morgan fingerprint density at radius 1 is 1.31 bits per heavy atom. The van der Waals surface area contributed by atoms with Crippen LogP contribution in [0.5, 0.6) is 0 Å². The molecule has 1 fully saturated rings. The minimum Gasteiger partial charge on any atom is -0.375 e. The van der Waals surface area contributed by atoms with E-state index in [1.54, 1.807) is 18.0 Å². The van der Waals surface area contributed by atoms with Crippen molar-refractivity contribution in [2.45, 2.75) is 45.3 Å². The summed E-state index contributed by atoms with van der Waals surface area (Å²) in [6.45, 7) is 7.27. The highest BCUT2D eigenvalue weighted by Gasteiger charge is 2.21. The molecule has 0 radical (unpaired) electrons. The van der Waals surface area contributed by atoms with Crippen molar-refractivity contribution >= 4 is 35.6 Å². The molecule has 0 bridgehead atoms. The van der Waals surface area contributed by atoms with Crippen molar-refractivity contribution in [3.8, 4) is 0 Å². The number of anilines is 1. The summed E-state index contributed by atoms with van der Waals surface area (Å²) in [5.41, 5.74) is 1.50. The molecule has 1 aromatic carbocycles. The molecule has 1 saturated heterocycles. The van der Waals surface area contributed by atoms with Crippen molar-refractivity contribution in [3.63, 3.8) is 0 Å². The fraction of sp³-hybridized carbons (Fsp3) is 0.632. The smallest absolute Gasteiger partial charge is 0.191 e. The Bertz CT molecular complexity index is 583. The summed E-state index contributed by atoms with van der Waals surface area (Å²) in [5.74, 6) is 0.577. The zero-order valence-corrected chi connectivity index (χ0v) is 18.9. The van der Waals surface area contributed by atoms with Crippen molar-refractivity contribution in [1.29, 1.82) is 0 Å². The third-order valence-electron chi connectivity index (χ3n) is 4.78. The molecule has 0 amide bonds. The Morgan fingerprint density at radius 3 is 2.46 bits per heavy atom. The maximum Gasteiger partial charge on any atom is 0.191 e. The van der Waals surface area contributed by atoms with Gasteiger partial charge in [-0.2, -0.15) is 0 Å². The van der Waals surface area contributed by atoms with Crippen LogP contribution in [-0.4, -0.2) is 57.2 Å². The van der Waals surface area contributed by atoms with Crippen LogP contribution in [0.25, 0.3) is 0 Å². The van der Waals surface area contributed by atoms with Crippen LogP contribution >= 0.6 is 24.0 Å². The molecular formula is C19H33FIN5. The lowest BCUT2D eigenvalue weighted by atomic mass is 10.0. The SMILES string of the molecule is CN=C(NCc1ccc(N(C)C)c(F)c1)NC1CCN(C(C)C)CC1.I. The molecule has 7 heteroatoms. The van der Waals surface area contributed by atoms with Crippen LogP contribution in [0.1, 0.15) is 32.3 Å². The number of nitrogens with zero attached hydrogens (tertiary/aromatic N) is 3. The van der Waals surface area contributed by atoms with Gasteiger partial charge >= 0.3 is 0 Å². The number of aliphatic imine (C=N–C) groups is 1. The van der Waals surface area contributed by atoms with Gasteiger partial charge in [0.25, 0.3) is 0 Å². The lowest BCUT2D eigenvalue weighted by Crippen LogP contribution is -2.49. The zero-order chi connectivity index (χ0) is 18.4. The minimum atomic E-state index is -0.201. The van der Waals surface area contributed by atoms with Gasteiger partial charge in [0.15, 0.2) is 5.96 Å². The van der Waals surface area contributed by atoms with Crippen LogP contribution in [0, 0.1) is 5.82 Å². The molecule has 148 valence electrons. The number of rotatable bonds is 5. The van der Waals surface area contributed by atoms with E-state index in [4.69, 9.17) is 0 Å². The Balaban J connectivity index is 0.00000338. The fourth-order valence-electron chi connectivity index (χ4n) is 3.16. The first-order valence-electron chi connectivity index (χ1n) is 9.07. The Morgan fingerprint density at radius 2 is 1.96 bits per heavy atom.